The second-order valence-electron chi connectivity index (χ2n) is 3.36. The predicted molar refractivity (Wildman–Crippen MR) is 67.9 cm³/mol. The van der Waals surface area contributed by atoms with Gasteiger partial charge < -0.3 is 10.1 Å². The number of hydrogen-bond acceptors (Lipinski definition) is 3. The third kappa shape index (κ3) is 4.55. The Kier molecular flexibility index (Phi) is 5.76. The monoisotopic (exact) mass is 355 g/mol. The molecule has 1 rings (SSSR count). The van der Waals surface area contributed by atoms with Gasteiger partial charge in [-0.2, -0.15) is 0 Å². The molecule has 0 aliphatic heterocycles. The average molecular weight is 355 g/mol. The van der Waals surface area contributed by atoms with Crippen molar-refractivity contribution in [2.75, 3.05) is 13.7 Å². The van der Waals surface area contributed by atoms with Crippen molar-refractivity contribution >= 4 is 28.6 Å². The minimum absolute atomic E-state index is 0.239. The zero-order valence-corrected chi connectivity index (χ0v) is 11.3. The van der Waals surface area contributed by atoms with Crippen LogP contribution in [0.3, 0.4) is 0 Å². The van der Waals surface area contributed by atoms with Crippen LogP contribution in [-0.2, 0) is 16.1 Å². The molecular weight excluding hydrogens is 343 g/mol. The van der Waals surface area contributed by atoms with Crippen molar-refractivity contribution in [1.29, 1.82) is 0 Å². The van der Waals surface area contributed by atoms with E-state index in [0.29, 0.717) is 12.1 Å². The summed E-state index contributed by atoms with van der Waals surface area (Å²) in [4.78, 5) is 11.1. The number of methoxy groups -OCH3 is 1. The van der Waals surface area contributed by atoms with Gasteiger partial charge in [-0.25, -0.2) is 8.78 Å². The summed E-state index contributed by atoms with van der Waals surface area (Å²) in [7, 11) is 1.31. The molecule has 0 radical (unpaired) electrons. The Morgan fingerprint density at radius 1 is 1.53 bits per heavy atom. The molecule has 1 N–H and O–H groups in total. The highest BCUT2D eigenvalue weighted by Gasteiger charge is 2.14. The number of esters is 1. The van der Waals surface area contributed by atoms with Crippen LogP contribution in [0.15, 0.2) is 18.2 Å². The first-order valence-electron chi connectivity index (χ1n) is 4.91. The Morgan fingerprint density at radius 2 is 2.24 bits per heavy atom. The molecule has 0 heterocycles. The lowest BCUT2D eigenvalue weighted by molar-refractivity contribution is -0.139. The van der Waals surface area contributed by atoms with Gasteiger partial charge in [0.2, 0.25) is 0 Å². The molecule has 0 spiro atoms. The van der Waals surface area contributed by atoms with Crippen molar-refractivity contribution in [2.45, 2.75) is 10.5 Å². The van der Waals surface area contributed by atoms with Gasteiger partial charge in [0, 0.05) is 24.7 Å². The Balaban J connectivity index is 2.43. The van der Waals surface area contributed by atoms with Crippen LogP contribution >= 0.6 is 22.6 Å². The van der Waals surface area contributed by atoms with E-state index < -0.39 is 11.6 Å². The van der Waals surface area contributed by atoms with Gasteiger partial charge in [0.15, 0.2) is 0 Å². The van der Waals surface area contributed by atoms with E-state index >= 15 is 0 Å². The van der Waals surface area contributed by atoms with Crippen molar-refractivity contribution in [3.63, 3.8) is 0 Å². The maximum atomic E-state index is 13.2. The van der Waals surface area contributed by atoms with Crippen molar-refractivity contribution < 1.29 is 18.3 Å². The van der Waals surface area contributed by atoms with E-state index in [0.717, 1.165) is 6.07 Å². The lowest BCUT2D eigenvalue weighted by atomic mass is 10.2. The number of halogens is 3. The van der Waals surface area contributed by atoms with Crippen LogP contribution in [0.2, 0.25) is 0 Å². The summed E-state index contributed by atoms with van der Waals surface area (Å²) in [6, 6.07) is 3.40. The lowest BCUT2D eigenvalue weighted by Gasteiger charge is -2.09. The van der Waals surface area contributed by atoms with Crippen LogP contribution in [0, 0.1) is 11.6 Å². The Labute approximate surface area is 112 Å². The van der Waals surface area contributed by atoms with Gasteiger partial charge in [-0.15, -0.1) is 0 Å². The fraction of sp³-hybridized carbons (Fsp3) is 0.364. The summed E-state index contributed by atoms with van der Waals surface area (Å²) >= 11 is 1.93. The Morgan fingerprint density at radius 3 is 2.82 bits per heavy atom. The normalized spacial score (nSPS) is 12.2. The summed E-state index contributed by atoms with van der Waals surface area (Å²) in [5.74, 6) is -1.54. The van der Waals surface area contributed by atoms with Crippen LogP contribution in [0.5, 0.6) is 0 Å². The van der Waals surface area contributed by atoms with E-state index in [1.807, 2.05) is 22.6 Å². The summed E-state index contributed by atoms with van der Waals surface area (Å²) < 4.78 is 30.1. The van der Waals surface area contributed by atoms with Crippen molar-refractivity contribution in [2.24, 2.45) is 0 Å². The highest BCUT2D eigenvalue weighted by atomic mass is 127. The van der Waals surface area contributed by atoms with Gasteiger partial charge in [-0.05, 0) is 6.07 Å². The maximum absolute atomic E-state index is 13.2. The van der Waals surface area contributed by atoms with Crippen molar-refractivity contribution in [1.82, 2.24) is 5.32 Å². The summed E-state index contributed by atoms with van der Waals surface area (Å²) in [6.07, 6.45) is 0. The minimum Gasteiger partial charge on any atom is -0.468 e. The Hall–Kier alpha value is -0.760. The summed E-state index contributed by atoms with van der Waals surface area (Å²) in [5.41, 5.74) is 0.361. The van der Waals surface area contributed by atoms with Gasteiger partial charge in [0.1, 0.15) is 15.6 Å². The first kappa shape index (κ1) is 14.3. The third-order valence-corrected chi connectivity index (χ3v) is 3.06. The number of carbonyl (C=O) groups excluding carboxylic acids is 1. The highest BCUT2D eigenvalue weighted by Crippen LogP contribution is 2.09. The van der Waals surface area contributed by atoms with Crippen LogP contribution in [0.1, 0.15) is 5.56 Å². The fourth-order valence-electron chi connectivity index (χ4n) is 1.21. The Bertz CT molecular complexity index is 401. The summed E-state index contributed by atoms with van der Waals surface area (Å²) in [5, 5.41) is 2.91. The smallest absolute Gasteiger partial charge is 0.319 e. The molecule has 0 saturated heterocycles. The molecule has 0 fully saturated rings. The highest BCUT2D eigenvalue weighted by molar-refractivity contribution is 14.1. The molecule has 1 atom stereocenters. The molecule has 0 aliphatic carbocycles. The number of benzene rings is 1. The second-order valence-corrected chi connectivity index (χ2v) is 4.86. The quantitative estimate of drug-likeness (QED) is 0.499. The molecule has 1 aromatic carbocycles. The molecule has 0 saturated carbocycles. The molecule has 17 heavy (non-hydrogen) atoms. The number of rotatable bonds is 5. The summed E-state index contributed by atoms with van der Waals surface area (Å²) in [6.45, 7) is 0.604. The molecule has 0 bridgehead atoms. The first-order chi connectivity index (χ1) is 8.04. The molecule has 0 aliphatic rings. The second kappa shape index (κ2) is 6.85. The van der Waals surface area contributed by atoms with Crippen molar-refractivity contribution in [3.05, 3.63) is 35.4 Å². The molecule has 0 amide bonds. The number of alkyl halides is 1. The van der Waals surface area contributed by atoms with E-state index in [9.17, 15) is 13.6 Å². The zero-order chi connectivity index (χ0) is 12.8. The van der Waals surface area contributed by atoms with Gasteiger partial charge in [0.05, 0.1) is 7.11 Å². The van der Waals surface area contributed by atoms with E-state index in [4.69, 9.17) is 0 Å². The van der Waals surface area contributed by atoms with E-state index in [1.165, 1.54) is 19.2 Å². The van der Waals surface area contributed by atoms with Gasteiger partial charge in [-0.3, -0.25) is 4.79 Å². The number of hydrogen-bond donors (Lipinski definition) is 1. The molecule has 6 heteroatoms. The van der Waals surface area contributed by atoms with Crippen LogP contribution < -0.4 is 5.32 Å². The van der Waals surface area contributed by atoms with Gasteiger partial charge in [0.25, 0.3) is 0 Å². The molecule has 3 nitrogen and oxygen atoms in total. The predicted octanol–water partition coefficient (Wildman–Crippen LogP) is 2.03. The number of carbonyl (C=O) groups is 1. The molecule has 0 aromatic heterocycles. The maximum Gasteiger partial charge on any atom is 0.319 e. The standard InChI is InChI=1S/C11H12F2INO2/c1-17-11(16)10(14)6-15-5-7-2-3-8(12)4-9(7)13/h2-4,10,15H,5-6H2,1H3. The van der Waals surface area contributed by atoms with E-state index in [2.05, 4.69) is 10.1 Å². The van der Waals surface area contributed by atoms with Crippen LogP contribution in [0.4, 0.5) is 8.78 Å². The molecule has 1 unspecified atom stereocenters. The number of nitrogens with one attached hydrogen (secondary N) is 1. The third-order valence-electron chi connectivity index (χ3n) is 2.11. The van der Waals surface area contributed by atoms with Gasteiger partial charge in [-0.1, -0.05) is 28.7 Å². The number of ether oxygens (including phenoxy) is 1. The minimum atomic E-state index is -0.604. The van der Waals surface area contributed by atoms with Crippen molar-refractivity contribution in [3.8, 4) is 0 Å². The van der Waals surface area contributed by atoms with Gasteiger partial charge >= 0.3 is 5.97 Å². The van der Waals surface area contributed by atoms with E-state index in [-0.39, 0.29) is 16.4 Å². The topological polar surface area (TPSA) is 38.3 Å². The van der Waals surface area contributed by atoms with E-state index in [1.54, 1.807) is 0 Å². The average Bonchev–Trinajstić information content (AvgIpc) is 2.30. The van der Waals surface area contributed by atoms with Crippen LogP contribution in [0.25, 0.3) is 0 Å². The zero-order valence-electron chi connectivity index (χ0n) is 9.17. The molecule has 1 aromatic rings. The largest absolute Gasteiger partial charge is 0.468 e. The molecular formula is C11H12F2INO2. The van der Waals surface area contributed by atoms with Crippen LogP contribution in [-0.4, -0.2) is 23.5 Å². The lowest BCUT2D eigenvalue weighted by Crippen LogP contribution is -2.29. The SMILES string of the molecule is COC(=O)C(I)CNCc1ccc(F)cc1F. The fourth-order valence-corrected chi connectivity index (χ4v) is 1.78. The molecule has 94 valence electrons. The first-order valence-corrected chi connectivity index (χ1v) is 6.15.